The second-order valence-corrected chi connectivity index (χ2v) is 6.52. The predicted molar refractivity (Wildman–Crippen MR) is 96.5 cm³/mol. The SMILES string of the molecule is Cc1nn(C)cc1CCNC(=O)N1CCOC(Cc2ccccc2)C1. The number of carbonyl (C=O) groups is 1. The molecule has 1 atom stereocenters. The van der Waals surface area contributed by atoms with E-state index in [1.165, 1.54) is 11.1 Å². The van der Waals surface area contributed by atoms with Crippen LogP contribution >= 0.6 is 0 Å². The van der Waals surface area contributed by atoms with Crippen LogP contribution in [0.3, 0.4) is 0 Å². The van der Waals surface area contributed by atoms with Crippen molar-refractivity contribution in [1.82, 2.24) is 20.0 Å². The molecule has 1 aliphatic heterocycles. The van der Waals surface area contributed by atoms with Gasteiger partial charge in [0, 0.05) is 39.3 Å². The van der Waals surface area contributed by atoms with Crippen LogP contribution in [-0.4, -0.2) is 53.1 Å². The Morgan fingerprint density at radius 2 is 2.16 bits per heavy atom. The lowest BCUT2D eigenvalue weighted by Gasteiger charge is -2.33. The Balaban J connectivity index is 1.46. The van der Waals surface area contributed by atoms with Crippen molar-refractivity contribution in [3.05, 3.63) is 53.3 Å². The molecule has 6 nitrogen and oxygen atoms in total. The molecule has 1 aromatic heterocycles. The number of hydrogen-bond donors (Lipinski definition) is 1. The van der Waals surface area contributed by atoms with Crippen LogP contribution in [0.1, 0.15) is 16.8 Å². The lowest BCUT2D eigenvalue weighted by Crippen LogP contribution is -2.50. The van der Waals surface area contributed by atoms with Gasteiger partial charge in [-0.1, -0.05) is 30.3 Å². The average molecular weight is 342 g/mol. The number of hydrogen-bond acceptors (Lipinski definition) is 3. The minimum absolute atomic E-state index is 0.0112. The van der Waals surface area contributed by atoms with E-state index in [4.69, 9.17) is 4.74 Å². The molecule has 1 fully saturated rings. The van der Waals surface area contributed by atoms with Crippen LogP contribution in [0.15, 0.2) is 36.5 Å². The predicted octanol–water partition coefficient (Wildman–Crippen LogP) is 1.92. The number of ether oxygens (including phenoxy) is 1. The highest BCUT2D eigenvalue weighted by Gasteiger charge is 2.24. The molecule has 0 spiro atoms. The fraction of sp³-hybridized carbons (Fsp3) is 0.474. The van der Waals surface area contributed by atoms with Gasteiger partial charge in [-0.3, -0.25) is 4.68 Å². The second kappa shape index (κ2) is 8.16. The average Bonchev–Trinajstić information content (AvgIpc) is 2.93. The third-order valence-corrected chi connectivity index (χ3v) is 4.52. The monoisotopic (exact) mass is 342 g/mol. The fourth-order valence-corrected chi connectivity index (χ4v) is 3.21. The Morgan fingerprint density at radius 1 is 1.36 bits per heavy atom. The van der Waals surface area contributed by atoms with Crippen molar-refractivity contribution < 1.29 is 9.53 Å². The van der Waals surface area contributed by atoms with Crippen molar-refractivity contribution in [2.75, 3.05) is 26.2 Å². The Kier molecular flexibility index (Phi) is 5.71. The number of aromatic nitrogens is 2. The van der Waals surface area contributed by atoms with Crippen LogP contribution in [0.25, 0.3) is 0 Å². The first-order chi connectivity index (χ1) is 12.1. The third-order valence-electron chi connectivity index (χ3n) is 4.52. The van der Waals surface area contributed by atoms with Gasteiger partial charge in [-0.15, -0.1) is 0 Å². The standard InChI is InChI=1S/C19H26N4O2/c1-15-17(13-22(2)21-15)8-9-20-19(24)23-10-11-25-18(14-23)12-16-6-4-3-5-7-16/h3-7,13,18H,8-12,14H2,1-2H3,(H,20,24). The zero-order valence-corrected chi connectivity index (χ0v) is 14.9. The molecule has 2 heterocycles. The smallest absolute Gasteiger partial charge is 0.317 e. The summed E-state index contributed by atoms with van der Waals surface area (Å²) in [6.07, 6.45) is 3.69. The van der Waals surface area contributed by atoms with E-state index in [-0.39, 0.29) is 12.1 Å². The zero-order chi connectivity index (χ0) is 17.6. The molecule has 1 saturated heterocycles. The number of benzene rings is 1. The van der Waals surface area contributed by atoms with Gasteiger partial charge in [-0.05, 0) is 24.5 Å². The molecule has 2 aromatic rings. The van der Waals surface area contributed by atoms with Crippen molar-refractivity contribution in [2.45, 2.75) is 25.9 Å². The lowest BCUT2D eigenvalue weighted by molar-refractivity contribution is -0.0132. The van der Waals surface area contributed by atoms with E-state index in [0.717, 1.165) is 18.5 Å². The van der Waals surface area contributed by atoms with E-state index in [9.17, 15) is 4.79 Å². The van der Waals surface area contributed by atoms with Crippen molar-refractivity contribution in [3.63, 3.8) is 0 Å². The zero-order valence-electron chi connectivity index (χ0n) is 14.9. The number of nitrogens with zero attached hydrogens (tertiary/aromatic N) is 3. The summed E-state index contributed by atoms with van der Waals surface area (Å²) in [4.78, 5) is 14.3. The molecule has 1 unspecified atom stereocenters. The molecule has 134 valence electrons. The topological polar surface area (TPSA) is 59.4 Å². The van der Waals surface area contributed by atoms with Gasteiger partial charge in [-0.25, -0.2) is 4.79 Å². The minimum atomic E-state index is -0.0112. The van der Waals surface area contributed by atoms with E-state index >= 15 is 0 Å². The second-order valence-electron chi connectivity index (χ2n) is 6.52. The summed E-state index contributed by atoms with van der Waals surface area (Å²) >= 11 is 0. The maximum Gasteiger partial charge on any atom is 0.317 e. The van der Waals surface area contributed by atoms with E-state index in [1.807, 2.05) is 47.9 Å². The molecule has 1 N–H and O–H groups in total. The number of urea groups is 1. The maximum atomic E-state index is 12.4. The number of carbonyl (C=O) groups excluding carboxylic acids is 1. The van der Waals surface area contributed by atoms with E-state index in [0.29, 0.717) is 26.2 Å². The Bertz CT molecular complexity index is 699. The highest BCUT2D eigenvalue weighted by atomic mass is 16.5. The summed E-state index contributed by atoms with van der Waals surface area (Å²) in [6, 6.07) is 10.3. The van der Waals surface area contributed by atoms with Crippen molar-refractivity contribution >= 4 is 6.03 Å². The highest BCUT2D eigenvalue weighted by molar-refractivity contribution is 5.74. The van der Waals surface area contributed by atoms with Gasteiger partial charge in [0.1, 0.15) is 0 Å². The molecule has 2 amide bonds. The van der Waals surface area contributed by atoms with E-state index < -0.39 is 0 Å². The van der Waals surface area contributed by atoms with Gasteiger partial charge >= 0.3 is 6.03 Å². The maximum absolute atomic E-state index is 12.4. The summed E-state index contributed by atoms with van der Waals surface area (Å²) in [6.45, 7) is 4.47. The molecule has 6 heteroatoms. The Hall–Kier alpha value is -2.34. The number of amides is 2. The quantitative estimate of drug-likeness (QED) is 0.903. The number of nitrogens with one attached hydrogen (secondary N) is 1. The Labute approximate surface area is 148 Å². The number of aryl methyl sites for hydroxylation is 2. The van der Waals surface area contributed by atoms with Crippen LogP contribution in [0.5, 0.6) is 0 Å². The normalized spacial score (nSPS) is 17.5. The summed E-state index contributed by atoms with van der Waals surface area (Å²) < 4.78 is 7.63. The molecule has 0 aliphatic carbocycles. The molecule has 3 rings (SSSR count). The van der Waals surface area contributed by atoms with E-state index in [1.54, 1.807) is 0 Å². The summed E-state index contributed by atoms with van der Waals surface area (Å²) in [7, 11) is 1.91. The number of rotatable bonds is 5. The van der Waals surface area contributed by atoms with Crippen LogP contribution in [-0.2, 0) is 24.6 Å². The largest absolute Gasteiger partial charge is 0.374 e. The molecule has 1 aromatic carbocycles. The first-order valence-corrected chi connectivity index (χ1v) is 8.79. The highest BCUT2D eigenvalue weighted by Crippen LogP contribution is 2.12. The fourth-order valence-electron chi connectivity index (χ4n) is 3.21. The summed E-state index contributed by atoms with van der Waals surface area (Å²) in [5, 5.41) is 7.34. The van der Waals surface area contributed by atoms with Gasteiger partial charge in [-0.2, -0.15) is 5.10 Å². The van der Waals surface area contributed by atoms with Gasteiger partial charge in [0.05, 0.1) is 18.4 Å². The first-order valence-electron chi connectivity index (χ1n) is 8.79. The molecule has 1 aliphatic rings. The minimum Gasteiger partial charge on any atom is -0.374 e. The molecule has 0 saturated carbocycles. The summed E-state index contributed by atoms with van der Waals surface area (Å²) in [5.41, 5.74) is 3.43. The van der Waals surface area contributed by atoms with E-state index in [2.05, 4.69) is 22.5 Å². The van der Waals surface area contributed by atoms with Crippen LogP contribution < -0.4 is 5.32 Å². The van der Waals surface area contributed by atoms with Crippen LogP contribution in [0.2, 0.25) is 0 Å². The summed E-state index contributed by atoms with van der Waals surface area (Å²) in [5.74, 6) is 0. The van der Waals surface area contributed by atoms with Gasteiger partial charge in [0.2, 0.25) is 0 Å². The van der Waals surface area contributed by atoms with Crippen molar-refractivity contribution in [2.24, 2.45) is 7.05 Å². The lowest BCUT2D eigenvalue weighted by atomic mass is 10.1. The molecular formula is C19H26N4O2. The number of morpholine rings is 1. The Morgan fingerprint density at radius 3 is 2.88 bits per heavy atom. The molecule has 0 bridgehead atoms. The first kappa shape index (κ1) is 17.5. The van der Waals surface area contributed by atoms with Gasteiger partial charge in [0.25, 0.3) is 0 Å². The van der Waals surface area contributed by atoms with Crippen LogP contribution in [0, 0.1) is 6.92 Å². The van der Waals surface area contributed by atoms with Gasteiger partial charge in [0.15, 0.2) is 0 Å². The van der Waals surface area contributed by atoms with Crippen LogP contribution in [0.4, 0.5) is 4.79 Å². The van der Waals surface area contributed by atoms with Gasteiger partial charge < -0.3 is 15.0 Å². The third kappa shape index (κ3) is 4.82. The molecule has 0 radical (unpaired) electrons. The molecular weight excluding hydrogens is 316 g/mol. The van der Waals surface area contributed by atoms with Crippen molar-refractivity contribution in [3.8, 4) is 0 Å². The molecule has 25 heavy (non-hydrogen) atoms. The van der Waals surface area contributed by atoms with Crippen molar-refractivity contribution in [1.29, 1.82) is 0 Å².